The summed E-state index contributed by atoms with van der Waals surface area (Å²) in [5.41, 5.74) is -3.93. The van der Waals surface area contributed by atoms with Crippen LogP contribution in [0.4, 0.5) is 0 Å². The van der Waals surface area contributed by atoms with Crippen molar-refractivity contribution in [3.05, 3.63) is 11.6 Å². The lowest BCUT2D eigenvalue weighted by molar-refractivity contribution is -0.374. The second-order valence-electron chi connectivity index (χ2n) is 21.0. The number of aliphatic hydroxyl groups excluding tert-OH is 11. The molecule has 7 rings (SSSR count). The van der Waals surface area contributed by atoms with Crippen molar-refractivity contribution in [2.45, 2.75) is 179 Å². The summed E-state index contributed by atoms with van der Waals surface area (Å²) in [6.07, 6.45) is -18.3. The summed E-state index contributed by atoms with van der Waals surface area (Å²) in [7, 11) is 0. The number of aliphatic carboxylic acids is 1. The third kappa shape index (κ3) is 6.23. The molecular formula is C42H68O17. The molecule has 0 spiro atoms. The van der Waals surface area contributed by atoms with Gasteiger partial charge in [0.2, 0.25) is 0 Å². The molecule has 0 bridgehead atoms. The van der Waals surface area contributed by atoms with Crippen molar-refractivity contribution < 1.29 is 85.0 Å². The van der Waals surface area contributed by atoms with Crippen molar-refractivity contribution in [1.82, 2.24) is 0 Å². The van der Waals surface area contributed by atoms with Crippen molar-refractivity contribution in [3.63, 3.8) is 0 Å². The molecule has 59 heavy (non-hydrogen) atoms. The molecular weight excluding hydrogens is 776 g/mol. The maximum Gasteiger partial charge on any atom is 0.335 e. The quantitative estimate of drug-likeness (QED) is 0.105. The van der Waals surface area contributed by atoms with Gasteiger partial charge in [0.1, 0.15) is 42.7 Å². The zero-order valence-corrected chi connectivity index (χ0v) is 35.0. The van der Waals surface area contributed by atoms with Crippen LogP contribution in [-0.4, -0.2) is 172 Å². The van der Waals surface area contributed by atoms with E-state index in [4.69, 9.17) is 18.9 Å². The molecule has 22 atom stereocenters. The summed E-state index contributed by atoms with van der Waals surface area (Å²) in [5, 5.41) is 131. The molecule has 0 aromatic rings. The standard InChI is InChI=1S/C42H68O17/c1-37(2)14-18-17-8-9-21-39(5)12-11-22(38(3,4)20(39)10-13-40(21,6)41(17,7)31(51)33(53)42(18,16-44)32(52)30(37)50)57-36-29(26(48)25(47)28(58-36)34(54)55)59-35-27(49)24(46)23(45)19(15-43)56-35/h8,18-33,35-36,43-53H,9-16H2,1-7H3,(H,54,55). The highest BCUT2D eigenvalue weighted by atomic mass is 16.8. The molecule has 4 saturated carbocycles. The minimum absolute atomic E-state index is 0.0140. The van der Waals surface area contributed by atoms with Crippen LogP contribution in [0, 0.1) is 50.2 Å². The predicted molar refractivity (Wildman–Crippen MR) is 204 cm³/mol. The lowest BCUT2D eigenvalue weighted by Crippen LogP contribution is -2.76. The van der Waals surface area contributed by atoms with Gasteiger partial charge < -0.3 is 80.2 Å². The fourth-order valence-electron chi connectivity index (χ4n) is 14.0. The number of carbonyl (C=O) groups is 1. The fourth-order valence-corrected chi connectivity index (χ4v) is 14.0. The van der Waals surface area contributed by atoms with E-state index in [9.17, 15) is 66.1 Å². The van der Waals surface area contributed by atoms with E-state index >= 15 is 0 Å². The van der Waals surface area contributed by atoms with Gasteiger partial charge in [-0.2, -0.15) is 0 Å². The molecule has 5 aliphatic carbocycles. The molecule has 0 aromatic heterocycles. The zero-order chi connectivity index (χ0) is 43.7. The van der Waals surface area contributed by atoms with Crippen molar-refractivity contribution in [1.29, 1.82) is 0 Å². The Hall–Kier alpha value is -1.39. The lowest BCUT2D eigenvalue weighted by atomic mass is 9.32. The largest absolute Gasteiger partial charge is 0.479 e. The summed E-state index contributed by atoms with van der Waals surface area (Å²) >= 11 is 0. The summed E-state index contributed by atoms with van der Waals surface area (Å²) in [6.45, 7) is 12.9. The average molecular weight is 845 g/mol. The number of rotatable bonds is 7. The number of aliphatic hydroxyl groups is 11. The molecule has 17 nitrogen and oxygen atoms in total. The Bertz CT molecular complexity index is 1620. The van der Waals surface area contributed by atoms with E-state index in [0.717, 1.165) is 5.57 Å². The van der Waals surface area contributed by atoms with Crippen molar-refractivity contribution in [2.75, 3.05) is 13.2 Å². The van der Waals surface area contributed by atoms with E-state index in [2.05, 4.69) is 33.8 Å². The number of carboxylic acids is 1. The monoisotopic (exact) mass is 844 g/mol. The fraction of sp³-hybridized carbons (Fsp3) is 0.929. The first-order valence-electron chi connectivity index (χ1n) is 21.2. The highest BCUT2D eigenvalue weighted by Crippen LogP contribution is 2.76. The van der Waals surface area contributed by atoms with Crippen molar-refractivity contribution >= 4 is 5.97 Å². The molecule has 12 N–H and O–H groups in total. The van der Waals surface area contributed by atoms with Crippen LogP contribution >= 0.6 is 0 Å². The first kappa shape index (κ1) is 45.6. The summed E-state index contributed by atoms with van der Waals surface area (Å²) in [5.74, 6) is -2.10. The Labute approximate surface area is 344 Å². The molecule has 2 heterocycles. The van der Waals surface area contributed by atoms with Gasteiger partial charge in [-0.25, -0.2) is 4.79 Å². The normalized spacial score (nSPS) is 55.5. The van der Waals surface area contributed by atoms with Gasteiger partial charge in [-0.1, -0.05) is 60.1 Å². The molecule has 0 aromatic carbocycles. The number of hydrogen-bond donors (Lipinski definition) is 12. The van der Waals surface area contributed by atoms with Gasteiger partial charge in [-0.3, -0.25) is 0 Å². The van der Waals surface area contributed by atoms with E-state index in [1.807, 2.05) is 20.8 Å². The number of fused-ring (bicyclic) bond motifs is 7. The van der Waals surface area contributed by atoms with Gasteiger partial charge in [-0.15, -0.1) is 0 Å². The Morgan fingerprint density at radius 1 is 0.729 bits per heavy atom. The minimum atomic E-state index is -1.99. The lowest BCUT2D eigenvalue weighted by Gasteiger charge is -2.73. The first-order chi connectivity index (χ1) is 27.3. The summed E-state index contributed by atoms with van der Waals surface area (Å²) in [4.78, 5) is 12.2. The number of hydrogen-bond acceptors (Lipinski definition) is 16. The summed E-state index contributed by atoms with van der Waals surface area (Å²) in [6, 6.07) is 0. The Balaban J connectivity index is 1.19. The van der Waals surface area contributed by atoms with E-state index < -0.39 is 144 Å². The van der Waals surface area contributed by atoms with Crippen LogP contribution in [0.25, 0.3) is 0 Å². The van der Waals surface area contributed by atoms with Crippen molar-refractivity contribution in [3.8, 4) is 0 Å². The third-order valence-electron chi connectivity index (χ3n) is 17.7. The molecule has 6 fully saturated rings. The molecule has 0 radical (unpaired) electrons. The zero-order valence-electron chi connectivity index (χ0n) is 35.0. The maximum atomic E-state index is 12.3. The van der Waals surface area contributed by atoms with Crippen LogP contribution < -0.4 is 0 Å². The van der Waals surface area contributed by atoms with Crippen LogP contribution in [0.3, 0.4) is 0 Å². The molecule has 2 aliphatic heterocycles. The molecule has 7 aliphatic rings. The van der Waals surface area contributed by atoms with Crippen LogP contribution in [0.5, 0.6) is 0 Å². The highest BCUT2D eigenvalue weighted by molar-refractivity contribution is 5.73. The smallest absolute Gasteiger partial charge is 0.335 e. The number of carboxylic acid groups (broad SMARTS) is 1. The Morgan fingerprint density at radius 3 is 1.98 bits per heavy atom. The van der Waals surface area contributed by atoms with E-state index in [1.54, 1.807) is 0 Å². The van der Waals surface area contributed by atoms with Gasteiger partial charge in [0.15, 0.2) is 18.7 Å². The number of allylic oxidation sites excluding steroid dienone is 1. The van der Waals surface area contributed by atoms with Gasteiger partial charge in [-0.05, 0) is 77.9 Å². The van der Waals surface area contributed by atoms with Crippen LogP contribution in [-0.2, 0) is 23.7 Å². The average Bonchev–Trinajstić information content (AvgIpc) is 3.17. The summed E-state index contributed by atoms with van der Waals surface area (Å²) < 4.78 is 23.8. The predicted octanol–water partition coefficient (Wildman–Crippen LogP) is -1.23. The molecule has 338 valence electrons. The van der Waals surface area contributed by atoms with Gasteiger partial charge in [0, 0.05) is 5.41 Å². The van der Waals surface area contributed by atoms with Gasteiger partial charge in [0.25, 0.3) is 0 Å². The number of ether oxygens (including phenoxy) is 4. The maximum absolute atomic E-state index is 12.3. The van der Waals surface area contributed by atoms with E-state index in [1.165, 1.54) is 0 Å². The van der Waals surface area contributed by atoms with Gasteiger partial charge >= 0.3 is 5.97 Å². The minimum Gasteiger partial charge on any atom is -0.479 e. The highest BCUT2D eigenvalue weighted by Gasteiger charge is 2.75. The van der Waals surface area contributed by atoms with Crippen molar-refractivity contribution in [2.24, 2.45) is 50.2 Å². The Morgan fingerprint density at radius 2 is 1.37 bits per heavy atom. The second kappa shape index (κ2) is 15.1. The SMILES string of the molecule is CC1(C)CC2C3=CCC4C5(C)CCC(OC6OC(C(=O)O)C(O)C(O)C6OC6OC(CO)C(O)C(O)C6O)C(C)(C)C5CCC4(C)C3(C)C(O)C(O)C2(CO)C(O)C1O. The molecule has 2 saturated heterocycles. The third-order valence-corrected chi connectivity index (χ3v) is 17.7. The van der Waals surface area contributed by atoms with Crippen LogP contribution in [0.15, 0.2) is 11.6 Å². The first-order valence-corrected chi connectivity index (χ1v) is 21.2. The van der Waals surface area contributed by atoms with Crippen LogP contribution in [0.2, 0.25) is 0 Å². The topological polar surface area (TPSA) is 297 Å². The van der Waals surface area contributed by atoms with E-state index in [-0.39, 0.29) is 17.3 Å². The molecule has 22 unspecified atom stereocenters. The Kier molecular flexibility index (Phi) is 11.7. The van der Waals surface area contributed by atoms with Crippen LogP contribution in [0.1, 0.15) is 87.0 Å². The van der Waals surface area contributed by atoms with Gasteiger partial charge in [0.05, 0.1) is 49.1 Å². The van der Waals surface area contributed by atoms with E-state index in [0.29, 0.717) is 38.5 Å². The molecule has 0 amide bonds. The second-order valence-corrected chi connectivity index (χ2v) is 21.0. The molecule has 17 heteroatoms.